The number of Topliss-reactive ketones (excluding diaryl/α,β-unsaturated/α-hetero) is 1. The Kier molecular flexibility index (Phi) is 2.40. The lowest BCUT2D eigenvalue weighted by Crippen LogP contribution is -2.41. The first-order chi connectivity index (χ1) is 4.72. The van der Waals surface area contributed by atoms with Crippen LogP contribution in [-0.2, 0) is 9.53 Å². The van der Waals surface area contributed by atoms with Gasteiger partial charge in [-0.2, -0.15) is 0 Å². The summed E-state index contributed by atoms with van der Waals surface area (Å²) in [5, 5.41) is 0. The summed E-state index contributed by atoms with van der Waals surface area (Å²) >= 11 is 0. The molecule has 0 N–H and O–H groups in total. The number of likely N-dealkylation sites (tertiary alicyclic amines) is 1. The van der Waals surface area contributed by atoms with Crippen LogP contribution in [-0.4, -0.2) is 44.0 Å². The second kappa shape index (κ2) is 3.12. The van der Waals surface area contributed by atoms with Gasteiger partial charge in [0.05, 0.1) is 12.6 Å². The van der Waals surface area contributed by atoms with Gasteiger partial charge in [0.2, 0.25) is 0 Å². The van der Waals surface area contributed by atoms with Gasteiger partial charge >= 0.3 is 0 Å². The number of carbonyl (C=O) groups is 1. The largest absolute Gasteiger partial charge is 0.380 e. The van der Waals surface area contributed by atoms with E-state index in [4.69, 9.17) is 4.74 Å². The van der Waals surface area contributed by atoms with Crippen molar-refractivity contribution in [3.8, 4) is 0 Å². The first kappa shape index (κ1) is 7.69. The zero-order chi connectivity index (χ0) is 7.56. The number of likely N-dealkylation sites (N-methyl/N-ethyl adjacent to an activating group) is 1. The third-order valence-electron chi connectivity index (χ3n) is 1.75. The number of ether oxygens (including phenoxy) is 1. The third kappa shape index (κ3) is 1.78. The Balaban J connectivity index is 2.42. The Hall–Kier alpha value is -0.410. The molecule has 1 atom stereocenters. The number of methoxy groups -OCH3 is 1. The van der Waals surface area contributed by atoms with Crippen LogP contribution in [0.2, 0.25) is 0 Å². The second-order valence-corrected chi connectivity index (χ2v) is 2.80. The zero-order valence-corrected chi connectivity index (χ0v) is 6.46. The van der Waals surface area contributed by atoms with Gasteiger partial charge in [0, 0.05) is 20.1 Å². The van der Waals surface area contributed by atoms with Crippen LogP contribution in [0.15, 0.2) is 0 Å². The molecule has 0 bridgehead atoms. The van der Waals surface area contributed by atoms with Crippen molar-refractivity contribution >= 4 is 5.78 Å². The fraction of sp³-hybridized carbons (Fsp3) is 0.857. The van der Waals surface area contributed by atoms with Gasteiger partial charge in [-0.3, -0.25) is 9.69 Å². The van der Waals surface area contributed by atoms with E-state index in [2.05, 4.69) is 0 Å². The molecule has 1 unspecified atom stereocenters. The standard InChI is InChI=1S/C7H13NO2/c1-8-4-6(9)3-7(5-8)10-2/h7H,3-5H2,1-2H3. The summed E-state index contributed by atoms with van der Waals surface area (Å²) in [5.74, 6) is 0.278. The van der Waals surface area contributed by atoms with Crippen molar-refractivity contribution in [3.63, 3.8) is 0 Å². The van der Waals surface area contributed by atoms with E-state index < -0.39 is 0 Å². The Bertz CT molecular complexity index is 136. The average molecular weight is 143 g/mol. The zero-order valence-electron chi connectivity index (χ0n) is 6.46. The van der Waals surface area contributed by atoms with Gasteiger partial charge in [-0.25, -0.2) is 0 Å². The molecule has 1 aliphatic rings. The number of piperidine rings is 1. The number of hydrogen-bond donors (Lipinski definition) is 0. The lowest BCUT2D eigenvalue weighted by Gasteiger charge is -2.27. The first-order valence-corrected chi connectivity index (χ1v) is 3.45. The third-order valence-corrected chi connectivity index (χ3v) is 1.75. The van der Waals surface area contributed by atoms with Crippen LogP contribution in [0.4, 0.5) is 0 Å². The van der Waals surface area contributed by atoms with Crippen molar-refractivity contribution in [3.05, 3.63) is 0 Å². The summed E-state index contributed by atoms with van der Waals surface area (Å²) in [6.45, 7) is 1.46. The van der Waals surface area contributed by atoms with E-state index >= 15 is 0 Å². The fourth-order valence-corrected chi connectivity index (χ4v) is 1.25. The molecule has 0 aromatic carbocycles. The van der Waals surface area contributed by atoms with Gasteiger partial charge in [0.15, 0.2) is 0 Å². The van der Waals surface area contributed by atoms with E-state index in [9.17, 15) is 4.79 Å². The molecule has 0 saturated carbocycles. The minimum absolute atomic E-state index is 0.117. The lowest BCUT2D eigenvalue weighted by molar-refractivity contribution is -0.126. The summed E-state index contributed by atoms with van der Waals surface area (Å²) in [5.41, 5.74) is 0. The summed E-state index contributed by atoms with van der Waals surface area (Å²) in [6.07, 6.45) is 0.701. The topological polar surface area (TPSA) is 29.5 Å². The number of hydrogen-bond acceptors (Lipinski definition) is 3. The second-order valence-electron chi connectivity index (χ2n) is 2.80. The van der Waals surface area contributed by atoms with E-state index in [-0.39, 0.29) is 11.9 Å². The maximum atomic E-state index is 10.9. The van der Waals surface area contributed by atoms with Crippen LogP contribution < -0.4 is 0 Å². The van der Waals surface area contributed by atoms with E-state index in [1.165, 1.54) is 0 Å². The minimum Gasteiger partial charge on any atom is -0.380 e. The lowest BCUT2D eigenvalue weighted by atomic mass is 10.1. The van der Waals surface area contributed by atoms with E-state index in [0.717, 1.165) is 6.54 Å². The van der Waals surface area contributed by atoms with Crippen molar-refractivity contribution in [1.29, 1.82) is 0 Å². The molecule has 0 radical (unpaired) electrons. The van der Waals surface area contributed by atoms with E-state index in [0.29, 0.717) is 13.0 Å². The molecule has 1 heterocycles. The molecule has 0 aliphatic carbocycles. The maximum absolute atomic E-state index is 10.9. The summed E-state index contributed by atoms with van der Waals surface area (Å²) in [4.78, 5) is 12.9. The SMILES string of the molecule is COC1CC(=O)CN(C)C1. The van der Waals surface area contributed by atoms with Gasteiger partial charge in [-0.05, 0) is 7.05 Å². The number of rotatable bonds is 1. The Morgan fingerprint density at radius 1 is 1.70 bits per heavy atom. The molecule has 1 aliphatic heterocycles. The molecule has 1 rings (SSSR count). The summed E-state index contributed by atoms with van der Waals surface area (Å²) < 4.78 is 5.07. The van der Waals surface area contributed by atoms with Crippen LogP contribution in [0.3, 0.4) is 0 Å². The molecular weight excluding hydrogens is 130 g/mol. The molecule has 0 aromatic heterocycles. The van der Waals surface area contributed by atoms with Gasteiger partial charge in [-0.15, -0.1) is 0 Å². The normalized spacial score (nSPS) is 29.0. The van der Waals surface area contributed by atoms with Gasteiger partial charge in [-0.1, -0.05) is 0 Å². The Labute approximate surface area is 61.0 Å². The van der Waals surface area contributed by atoms with Gasteiger partial charge in [0.25, 0.3) is 0 Å². The maximum Gasteiger partial charge on any atom is 0.149 e. The van der Waals surface area contributed by atoms with Crippen LogP contribution in [0, 0.1) is 0 Å². The van der Waals surface area contributed by atoms with Crippen molar-refractivity contribution in [2.24, 2.45) is 0 Å². The Morgan fingerprint density at radius 2 is 2.40 bits per heavy atom. The molecule has 3 heteroatoms. The minimum atomic E-state index is 0.117. The highest BCUT2D eigenvalue weighted by Crippen LogP contribution is 2.06. The highest BCUT2D eigenvalue weighted by atomic mass is 16.5. The van der Waals surface area contributed by atoms with E-state index in [1.54, 1.807) is 7.11 Å². The van der Waals surface area contributed by atoms with E-state index in [1.807, 2.05) is 11.9 Å². The monoisotopic (exact) mass is 143 g/mol. The molecule has 1 saturated heterocycles. The van der Waals surface area contributed by atoms with Crippen molar-refractivity contribution in [2.45, 2.75) is 12.5 Å². The molecule has 0 spiro atoms. The average Bonchev–Trinajstić information content (AvgIpc) is 1.85. The molecule has 0 amide bonds. The molecule has 0 aromatic rings. The number of carbonyl (C=O) groups excluding carboxylic acids is 1. The molecule has 10 heavy (non-hydrogen) atoms. The van der Waals surface area contributed by atoms with Crippen molar-refractivity contribution in [1.82, 2.24) is 4.90 Å². The highest BCUT2D eigenvalue weighted by Gasteiger charge is 2.21. The van der Waals surface area contributed by atoms with Gasteiger partial charge in [0.1, 0.15) is 5.78 Å². The summed E-state index contributed by atoms with van der Waals surface area (Å²) in [7, 11) is 3.58. The highest BCUT2D eigenvalue weighted by molar-refractivity contribution is 5.81. The van der Waals surface area contributed by atoms with Crippen molar-refractivity contribution in [2.75, 3.05) is 27.2 Å². The summed E-state index contributed by atoms with van der Waals surface area (Å²) in [6, 6.07) is 0. The predicted molar refractivity (Wildman–Crippen MR) is 37.9 cm³/mol. The Morgan fingerprint density at radius 3 is 2.90 bits per heavy atom. The number of ketones is 1. The quantitative estimate of drug-likeness (QED) is 0.513. The molecular formula is C7H13NO2. The van der Waals surface area contributed by atoms with Crippen LogP contribution in [0.5, 0.6) is 0 Å². The fourth-order valence-electron chi connectivity index (χ4n) is 1.25. The number of nitrogens with zero attached hydrogens (tertiary/aromatic N) is 1. The predicted octanol–water partition coefficient (Wildman–Crippen LogP) is -0.0940. The molecule has 1 fully saturated rings. The van der Waals surface area contributed by atoms with Crippen molar-refractivity contribution < 1.29 is 9.53 Å². The first-order valence-electron chi connectivity index (χ1n) is 3.45. The van der Waals surface area contributed by atoms with Gasteiger partial charge < -0.3 is 4.74 Å². The molecule has 58 valence electrons. The smallest absolute Gasteiger partial charge is 0.149 e. The van der Waals surface area contributed by atoms with Crippen LogP contribution >= 0.6 is 0 Å². The van der Waals surface area contributed by atoms with Crippen LogP contribution in [0.1, 0.15) is 6.42 Å². The van der Waals surface area contributed by atoms with Crippen LogP contribution in [0.25, 0.3) is 0 Å². The molecule has 3 nitrogen and oxygen atoms in total.